The van der Waals surface area contributed by atoms with Gasteiger partial charge in [0.25, 0.3) is 0 Å². The highest BCUT2D eigenvalue weighted by atomic mass is 79.9. The summed E-state index contributed by atoms with van der Waals surface area (Å²) >= 11 is 3.46. The van der Waals surface area contributed by atoms with Gasteiger partial charge in [0, 0.05) is 10.2 Å². The maximum atomic E-state index is 5.23. The van der Waals surface area contributed by atoms with Crippen molar-refractivity contribution in [1.29, 1.82) is 0 Å². The van der Waals surface area contributed by atoms with Gasteiger partial charge in [-0.3, -0.25) is 0 Å². The molecule has 6 nitrogen and oxygen atoms in total. The van der Waals surface area contributed by atoms with Gasteiger partial charge in [-0.15, -0.1) is 0 Å². The van der Waals surface area contributed by atoms with Crippen LogP contribution in [0.4, 0.5) is 5.95 Å². The Kier molecular flexibility index (Phi) is 3.78. The predicted octanol–water partition coefficient (Wildman–Crippen LogP) is 3.50. The normalized spacial score (nSPS) is 16.1. The van der Waals surface area contributed by atoms with Gasteiger partial charge in [-0.2, -0.15) is 4.68 Å². The molecule has 0 amide bonds. The average Bonchev–Trinajstić information content (AvgIpc) is 3.10. The number of anilines is 1. The van der Waals surface area contributed by atoms with Crippen LogP contribution in [0.5, 0.6) is 5.75 Å². The third kappa shape index (κ3) is 2.67. The number of halogens is 1. The molecule has 1 aliphatic heterocycles. The SMILES string of the molecule is COc1ccc([C@H]2C=C(c3ccc(Br)cc3)Nc3nnnn32)cc1. The fourth-order valence-electron chi connectivity index (χ4n) is 2.69. The van der Waals surface area contributed by atoms with E-state index in [4.69, 9.17) is 4.74 Å². The number of nitrogens with one attached hydrogen (secondary N) is 1. The molecule has 24 heavy (non-hydrogen) atoms. The molecule has 4 rings (SSSR count). The second-order valence-corrected chi connectivity index (χ2v) is 6.29. The molecule has 1 atom stereocenters. The van der Waals surface area contributed by atoms with Crippen LogP contribution >= 0.6 is 15.9 Å². The molecule has 7 heteroatoms. The fraction of sp³-hybridized carbons (Fsp3) is 0.118. The summed E-state index contributed by atoms with van der Waals surface area (Å²) in [6, 6.07) is 16.0. The molecule has 0 bridgehead atoms. The van der Waals surface area contributed by atoms with E-state index in [1.807, 2.05) is 48.5 Å². The highest BCUT2D eigenvalue weighted by molar-refractivity contribution is 9.10. The second kappa shape index (κ2) is 6.09. The zero-order chi connectivity index (χ0) is 16.5. The number of benzene rings is 2. The minimum absolute atomic E-state index is 0.0826. The van der Waals surface area contributed by atoms with E-state index in [2.05, 4.69) is 42.8 Å². The molecule has 120 valence electrons. The number of tetrazole rings is 1. The average molecular weight is 384 g/mol. The Morgan fingerprint density at radius 3 is 2.54 bits per heavy atom. The number of hydrogen-bond donors (Lipinski definition) is 1. The van der Waals surface area contributed by atoms with Crippen molar-refractivity contribution in [2.75, 3.05) is 12.4 Å². The number of fused-ring (bicyclic) bond motifs is 1. The Morgan fingerprint density at radius 2 is 1.83 bits per heavy atom. The smallest absolute Gasteiger partial charge is 0.248 e. The number of nitrogens with zero attached hydrogens (tertiary/aromatic N) is 4. The molecule has 1 N–H and O–H groups in total. The number of methoxy groups -OCH3 is 1. The van der Waals surface area contributed by atoms with Crippen molar-refractivity contribution in [2.45, 2.75) is 6.04 Å². The van der Waals surface area contributed by atoms with Crippen LogP contribution in [0.2, 0.25) is 0 Å². The highest BCUT2D eigenvalue weighted by Crippen LogP contribution is 2.32. The second-order valence-electron chi connectivity index (χ2n) is 5.38. The summed E-state index contributed by atoms with van der Waals surface area (Å²) in [5.41, 5.74) is 3.14. The number of allylic oxidation sites excluding steroid dienone is 1. The van der Waals surface area contributed by atoms with Gasteiger partial charge in [-0.25, -0.2) is 0 Å². The maximum Gasteiger partial charge on any atom is 0.248 e. The van der Waals surface area contributed by atoms with E-state index in [1.54, 1.807) is 11.8 Å². The van der Waals surface area contributed by atoms with Crippen molar-refractivity contribution < 1.29 is 4.74 Å². The lowest BCUT2D eigenvalue weighted by atomic mass is 10.0. The summed E-state index contributed by atoms with van der Waals surface area (Å²) in [5, 5.41) is 15.3. The van der Waals surface area contributed by atoms with Crippen LogP contribution in [0, 0.1) is 0 Å². The monoisotopic (exact) mass is 383 g/mol. The van der Waals surface area contributed by atoms with Crippen molar-refractivity contribution in [2.24, 2.45) is 0 Å². The van der Waals surface area contributed by atoms with Gasteiger partial charge >= 0.3 is 0 Å². The molecule has 2 aromatic carbocycles. The van der Waals surface area contributed by atoms with Gasteiger partial charge < -0.3 is 10.1 Å². The van der Waals surface area contributed by atoms with Gasteiger partial charge in [-0.1, -0.05) is 45.3 Å². The van der Waals surface area contributed by atoms with Crippen molar-refractivity contribution in [3.05, 3.63) is 70.2 Å². The van der Waals surface area contributed by atoms with E-state index in [0.717, 1.165) is 27.0 Å². The Hall–Kier alpha value is -2.67. The van der Waals surface area contributed by atoms with Crippen LogP contribution in [-0.4, -0.2) is 27.3 Å². The summed E-state index contributed by atoms with van der Waals surface area (Å²) in [6.45, 7) is 0. The topological polar surface area (TPSA) is 64.9 Å². The van der Waals surface area contributed by atoms with Crippen LogP contribution in [0.1, 0.15) is 17.2 Å². The van der Waals surface area contributed by atoms with Gasteiger partial charge in [0.1, 0.15) is 11.8 Å². The van der Waals surface area contributed by atoms with Crippen LogP contribution in [0.3, 0.4) is 0 Å². The maximum absolute atomic E-state index is 5.23. The van der Waals surface area contributed by atoms with Crippen LogP contribution in [-0.2, 0) is 0 Å². The Morgan fingerprint density at radius 1 is 1.08 bits per heavy atom. The standard InChI is InChI=1S/C17H14BrN5O/c1-24-14-8-4-12(5-9-14)16-10-15(11-2-6-13(18)7-3-11)19-17-20-21-22-23(16)17/h2-10,16H,1H3,(H,19,20,22)/t16-/m1/s1. The molecule has 0 radical (unpaired) electrons. The quantitative estimate of drug-likeness (QED) is 0.749. The molecular formula is C17H14BrN5O. The van der Waals surface area contributed by atoms with E-state index < -0.39 is 0 Å². The zero-order valence-electron chi connectivity index (χ0n) is 12.8. The van der Waals surface area contributed by atoms with Crippen molar-refractivity contribution in [1.82, 2.24) is 20.2 Å². The number of aromatic nitrogens is 4. The molecule has 0 saturated heterocycles. The molecule has 0 aliphatic carbocycles. The molecule has 0 fully saturated rings. The van der Waals surface area contributed by atoms with Crippen LogP contribution < -0.4 is 10.1 Å². The van der Waals surface area contributed by atoms with Gasteiger partial charge in [0.05, 0.1) is 7.11 Å². The Labute approximate surface area is 147 Å². The van der Waals surface area contributed by atoms with E-state index in [1.165, 1.54) is 0 Å². The summed E-state index contributed by atoms with van der Waals surface area (Å²) < 4.78 is 8.04. The number of ether oxygens (including phenoxy) is 1. The van der Waals surface area contributed by atoms with Gasteiger partial charge in [0.2, 0.25) is 5.95 Å². The minimum Gasteiger partial charge on any atom is -0.497 e. The molecule has 0 unspecified atom stereocenters. The third-order valence-electron chi connectivity index (χ3n) is 3.94. The largest absolute Gasteiger partial charge is 0.497 e. The first kappa shape index (κ1) is 14.9. The summed E-state index contributed by atoms with van der Waals surface area (Å²) in [6.07, 6.45) is 2.12. The molecular weight excluding hydrogens is 370 g/mol. The zero-order valence-corrected chi connectivity index (χ0v) is 14.4. The van der Waals surface area contributed by atoms with Crippen molar-refractivity contribution in [3.8, 4) is 5.75 Å². The molecule has 0 saturated carbocycles. The summed E-state index contributed by atoms with van der Waals surface area (Å²) in [7, 11) is 1.66. The van der Waals surface area contributed by atoms with E-state index in [0.29, 0.717) is 5.95 Å². The lowest BCUT2D eigenvalue weighted by molar-refractivity contribution is 0.414. The first-order chi connectivity index (χ1) is 11.7. The summed E-state index contributed by atoms with van der Waals surface area (Å²) in [5.74, 6) is 1.44. The summed E-state index contributed by atoms with van der Waals surface area (Å²) in [4.78, 5) is 0. The fourth-order valence-corrected chi connectivity index (χ4v) is 2.95. The van der Waals surface area contributed by atoms with Gasteiger partial charge in [0.15, 0.2) is 0 Å². The van der Waals surface area contributed by atoms with E-state index >= 15 is 0 Å². The van der Waals surface area contributed by atoms with Crippen LogP contribution in [0.25, 0.3) is 5.70 Å². The van der Waals surface area contributed by atoms with E-state index in [9.17, 15) is 0 Å². The third-order valence-corrected chi connectivity index (χ3v) is 4.47. The van der Waals surface area contributed by atoms with E-state index in [-0.39, 0.29) is 6.04 Å². The van der Waals surface area contributed by atoms with Gasteiger partial charge in [-0.05, 0) is 51.9 Å². The number of hydrogen-bond acceptors (Lipinski definition) is 5. The molecule has 3 aromatic rings. The lowest BCUT2D eigenvalue weighted by Gasteiger charge is -2.23. The lowest BCUT2D eigenvalue weighted by Crippen LogP contribution is -2.20. The first-order valence-corrected chi connectivity index (χ1v) is 8.20. The van der Waals surface area contributed by atoms with Crippen molar-refractivity contribution >= 4 is 27.6 Å². The predicted molar refractivity (Wildman–Crippen MR) is 94.7 cm³/mol. The number of rotatable bonds is 3. The Balaban J connectivity index is 1.77. The van der Waals surface area contributed by atoms with Crippen LogP contribution in [0.15, 0.2) is 59.1 Å². The molecule has 1 aliphatic rings. The molecule has 0 spiro atoms. The molecule has 2 heterocycles. The minimum atomic E-state index is -0.0826. The highest BCUT2D eigenvalue weighted by Gasteiger charge is 2.24. The van der Waals surface area contributed by atoms with Crippen molar-refractivity contribution in [3.63, 3.8) is 0 Å². The Bertz CT molecular complexity index is 886. The molecule has 1 aromatic heterocycles. The first-order valence-electron chi connectivity index (χ1n) is 7.41.